The zero-order valence-electron chi connectivity index (χ0n) is 12.0. The normalized spacial score (nSPS) is 11.9. The summed E-state index contributed by atoms with van der Waals surface area (Å²) in [5.41, 5.74) is 2.04. The molecule has 104 valence electrons. The standard InChI is InChI=1S/C18H20O2/c1-14(18(19)16-6-4-3-5-7-16)8-9-15-10-12-17(20-2)13-11-15/h3-7,10-14H,8-9H2,1-2H3. The molecule has 0 radical (unpaired) electrons. The minimum Gasteiger partial charge on any atom is -0.497 e. The van der Waals surface area contributed by atoms with Gasteiger partial charge in [-0.1, -0.05) is 49.4 Å². The van der Waals surface area contributed by atoms with Crippen LogP contribution in [0.3, 0.4) is 0 Å². The van der Waals surface area contributed by atoms with Gasteiger partial charge in [-0.05, 0) is 30.5 Å². The van der Waals surface area contributed by atoms with Gasteiger partial charge in [0, 0.05) is 11.5 Å². The topological polar surface area (TPSA) is 26.3 Å². The van der Waals surface area contributed by atoms with E-state index in [9.17, 15) is 4.79 Å². The largest absolute Gasteiger partial charge is 0.497 e. The van der Waals surface area contributed by atoms with Gasteiger partial charge < -0.3 is 4.74 Å². The molecule has 2 rings (SSSR count). The highest BCUT2D eigenvalue weighted by Crippen LogP contribution is 2.17. The summed E-state index contributed by atoms with van der Waals surface area (Å²) in [5, 5.41) is 0. The fourth-order valence-corrected chi connectivity index (χ4v) is 2.19. The Balaban J connectivity index is 1.91. The summed E-state index contributed by atoms with van der Waals surface area (Å²) < 4.78 is 5.14. The number of hydrogen-bond acceptors (Lipinski definition) is 2. The van der Waals surface area contributed by atoms with Gasteiger partial charge in [0.25, 0.3) is 0 Å². The van der Waals surface area contributed by atoms with E-state index < -0.39 is 0 Å². The van der Waals surface area contributed by atoms with Gasteiger partial charge in [-0.2, -0.15) is 0 Å². The van der Waals surface area contributed by atoms with Crippen LogP contribution in [-0.2, 0) is 6.42 Å². The summed E-state index contributed by atoms with van der Waals surface area (Å²) in [6, 6.07) is 17.5. The number of benzene rings is 2. The number of ketones is 1. The number of carbonyl (C=O) groups excluding carboxylic acids is 1. The zero-order valence-corrected chi connectivity index (χ0v) is 12.0. The Morgan fingerprint density at radius 3 is 2.30 bits per heavy atom. The lowest BCUT2D eigenvalue weighted by atomic mass is 9.93. The highest BCUT2D eigenvalue weighted by atomic mass is 16.5. The Morgan fingerprint density at radius 2 is 1.70 bits per heavy atom. The number of ether oxygens (including phenoxy) is 1. The maximum atomic E-state index is 12.2. The molecule has 0 fully saturated rings. The molecular weight excluding hydrogens is 248 g/mol. The Bertz CT molecular complexity index is 543. The highest BCUT2D eigenvalue weighted by Gasteiger charge is 2.14. The number of Topliss-reactive ketones (excluding diaryl/α,β-unsaturated/α-hetero) is 1. The second-order valence-electron chi connectivity index (χ2n) is 5.02. The first-order valence-electron chi connectivity index (χ1n) is 6.93. The van der Waals surface area contributed by atoms with Crippen molar-refractivity contribution >= 4 is 5.78 Å². The summed E-state index contributed by atoms with van der Waals surface area (Å²) in [4.78, 5) is 12.2. The maximum absolute atomic E-state index is 12.2. The molecule has 0 N–H and O–H groups in total. The first kappa shape index (κ1) is 14.3. The van der Waals surface area contributed by atoms with Gasteiger partial charge >= 0.3 is 0 Å². The molecule has 0 aliphatic heterocycles. The van der Waals surface area contributed by atoms with Crippen LogP contribution in [0.15, 0.2) is 54.6 Å². The average molecular weight is 268 g/mol. The summed E-state index contributed by atoms with van der Waals surface area (Å²) >= 11 is 0. The Kier molecular flexibility index (Phi) is 4.94. The van der Waals surface area contributed by atoms with Crippen LogP contribution < -0.4 is 4.74 Å². The Labute approximate surface area is 120 Å². The van der Waals surface area contributed by atoms with E-state index in [1.54, 1.807) is 7.11 Å². The molecule has 0 bridgehead atoms. The van der Waals surface area contributed by atoms with Gasteiger partial charge in [0.05, 0.1) is 7.11 Å². The number of methoxy groups -OCH3 is 1. The van der Waals surface area contributed by atoms with Gasteiger partial charge in [0.1, 0.15) is 5.75 Å². The maximum Gasteiger partial charge on any atom is 0.165 e. The molecule has 2 aromatic carbocycles. The Morgan fingerprint density at radius 1 is 1.05 bits per heavy atom. The molecular formula is C18H20O2. The van der Waals surface area contributed by atoms with Crippen molar-refractivity contribution in [3.05, 3.63) is 65.7 Å². The summed E-state index contributed by atoms with van der Waals surface area (Å²) in [5.74, 6) is 1.13. The monoisotopic (exact) mass is 268 g/mol. The van der Waals surface area contributed by atoms with Crippen LogP contribution >= 0.6 is 0 Å². The van der Waals surface area contributed by atoms with Gasteiger partial charge in [-0.3, -0.25) is 4.79 Å². The van der Waals surface area contributed by atoms with Gasteiger partial charge in [-0.15, -0.1) is 0 Å². The molecule has 20 heavy (non-hydrogen) atoms. The van der Waals surface area contributed by atoms with E-state index in [1.807, 2.05) is 49.4 Å². The third kappa shape index (κ3) is 3.70. The molecule has 2 aromatic rings. The molecule has 0 heterocycles. The molecule has 1 unspecified atom stereocenters. The van der Waals surface area contributed by atoms with Crippen LogP contribution in [0.4, 0.5) is 0 Å². The minimum atomic E-state index is 0.0412. The molecule has 0 aliphatic carbocycles. The van der Waals surface area contributed by atoms with Gasteiger partial charge in [0.2, 0.25) is 0 Å². The predicted octanol–water partition coefficient (Wildman–Crippen LogP) is 4.15. The van der Waals surface area contributed by atoms with E-state index in [0.29, 0.717) is 0 Å². The van der Waals surface area contributed by atoms with E-state index in [1.165, 1.54) is 5.56 Å². The lowest BCUT2D eigenvalue weighted by molar-refractivity contribution is 0.0924. The molecule has 0 saturated heterocycles. The van der Waals surface area contributed by atoms with Crippen molar-refractivity contribution in [1.29, 1.82) is 0 Å². The second-order valence-corrected chi connectivity index (χ2v) is 5.02. The Hall–Kier alpha value is -2.09. The minimum absolute atomic E-state index is 0.0412. The number of aryl methyl sites for hydroxylation is 1. The van der Waals surface area contributed by atoms with E-state index in [0.717, 1.165) is 24.2 Å². The van der Waals surface area contributed by atoms with Gasteiger partial charge in [0.15, 0.2) is 5.78 Å². The molecule has 0 saturated carbocycles. The molecule has 2 heteroatoms. The van der Waals surface area contributed by atoms with E-state index in [2.05, 4.69) is 12.1 Å². The lowest BCUT2D eigenvalue weighted by Crippen LogP contribution is -2.12. The predicted molar refractivity (Wildman–Crippen MR) is 81.3 cm³/mol. The van der Waals surface area contributed by atoms with E-state index in [4.69, 9.17) is 4.74 Å². The molecule has 0 amide bonds. The van der Waals surface area contributed by atoms with Crippen LogP contribution in [0, 0.1) is 5.92 Å². The molecule has 2 nitrogen and oxygen atoms in total. The lowest BCUT2D eigenvalue weighted by Gasteiger charge is -2.10. The number of rotatable bonds is 6. The summed E-state index contributed by atoms with van der Waals surface area (Å²) in [7, 11) is 1.66. The fraction of sp³-hybridized carbons (Fsp3) is 0.278. The van der Waals surface area contributed by atoms with Crippen molar-refractivity contribution in [1.82, 2.24) is 0 Å². The molecule has 0 spiro atoms. The fourth-order valence-electron chi connectivity index (χ4n) is 2.19. The van der Waals surface area contributed by atoms with Crippen molar-refractivity contribution < 1.29 is 9.53 Å². The third-order valence-electron chi connectivity index (χ3n) is 3.53. The average Bonchev–Trinajstić information content (AvgIpc) is 2.53. The van der Waals surface area contributed by atoms with Crippen LogP contribution in [0.1, 0.15) is 29.3 Å². The van der Waals surface area contributed by atoms with Crippen LogP contribution in [0.5, 0.6) is 5.75 Å². The van der Waals surface area contributed by atoms with Crippen molar-refractivity contribution in [2.24, 2.45) is 5.92 Å². The van der Waals surface area contributed by atoms with Crippen LogP contribution in [-0.4, -0.2) is 12.9 Å². The first-order valence-corrected chi connectivity index (χ1v) is 6.93. The second kappa shape index (κ2) is 6.90. The van der Waals surface area contributed by atoms with Crippen LogP contribution in [0.2, 0.25) is 0 Å². The summed E-state index contributed by atoms with van der Waals surface area (Å²) in [6.45, 7) is 2.00. The van der Waals surface area contributed by atoms with Gasteiger partial charge in [-0.25, -0.2) is 0 Å². The van der Waals surface area contributed by atoms with Crippen LogP contribution in [0.25, 0.3) is 0 Å². The van der Waals surface area contributed by atoms with Crippen molar-refractivity contribution in [2.75, 3.05) is 7.11 Å². The van der Waals surface area contributed by atoms with Crippen molar-refractivity contribution in [2.45, 2.75) is 19.8 Å². The van der Waals surface area contributed by atoms with Crippen molar-refractivity contribution in [3.8, 4) is 5.75 Å². The SMILES string of the molecule is COc1ccc(CCC(C)C(=O)c2ccccc2)cc1. The molecule has 0 aromatic heterocycles. The third-order valence-corrected chi connectivity index (χ3v) is 3.53. The molecule has 0 aliphatic rings. The van der Waals surface area contributed by atoms with E-state index in [-0.39, 0.29) is 11.7 Å². The molecule has 1 atom stereocenters. The summed E-state index contributed by atoms with van der Waals surface area (Å²) in [6.07, 6.45) is 1.77. The number of carbonyl (C=O) groups is 1. The smallest absolute Gasteiger partial charge is 0.165 e. The van der Waals surface area contributed by atoms with Crippen molar-refractivity contribution in [3.63, 3.8) is 0 Å². The first-order chi connectivity index (χ1) is 9.70. The highest BCUT2D eigenvalue weighted by molar-refractivity contribution is 5.97. The quantitative estimate of drug-likeness (QED) is 0.736. The number of hydrogen-bond donors (Lipinski definition) is 0. The zero-order chi connectivity index (χ0) is 14.4. The van der Waals surface area contributed by atoms with E-state index >= 15 is 0 Å².